The summed E-state index contributed by atoms with van der Waals surface area (Å²) in [5.41, 5.74) is 3.17. The van der Waals surface area contributed by atoms with Crippen molar-refractivity contribution in [2.45, 2.75) is 26.8 Å². The van der Waals surface area contributed by atoms with Gasteiger partial charge in [-0.3, -0.25) is 9.36 Å². The maximum absolute atomic E-state index is 13.9. The van der Waals surface area contributed by atoms with E-state index >= 15 is 0 Å². The summed E-state index contributed by atoms with van der Waals surface area (Å²) in [6.07, 6.45) is 1.70. The maximum Gasteiger partial charge on any atom is 0.338 e. The predicted molar refractivity (Wildman–Crippen MR) is 157 cm³/mol. The lowest BCUT2D eigenvalue weighted by molar-refractivity contribution is -0.139. The summed E-state index contributed by atoms with van der Waals surface area (Å²) in [6.45, 7) is 5.69. The first kappa shape index (κ1) is 27.7. The van der Waals surface area contributed by atoms with Gasteiger partial charge in [0.2, 0.25) is 0 Å². The molecule has 0 aliphatic carbocycles. The number of aromatic nitrogens is 1. The van der Waals surface area contributed by atoms with Crippen LogP contribution in [0.25, 0.3) is 17.4 Å². The second kappa shape index (κ2) is 11.3. The van der Waals surface area contributed by atoms with Gasteiger partial charge in [-0.15, -0.1) is 0 Å². The Balaban J connectivity index is 1.65. The van der Waals surface area contributed by atoms with Gasteiger partial charge in [0.05, 0.1) is 42.7 Å². The van der Waals surface area contributed by atoms with E-state index in [9.17, 15) is 9.59 Å². The van der Waals surface area contributed by atoms with Crippen LogP contribution < -0.4 is 24.4 Å². The number of carbonyl (C=O) groups excluding carboxylic acids is 1. The molecule has 1 unspecified atom stereocenters. The molecule has 0 saturated heterocycles. The van der Waals surface area contributed by atoms with Gasteiger partial charge in [0.25, 0.3) is 5.56 Å². The van der Waals surface area contributed by atoms with Gasteiger partial charge < -0.3 is 18.6 Å². The van der Waals surface area contributed by atoms with Crippen molar-refractivity contribution in [2.24, 2.45) is 4.99 Å². The van der Waals surface area contributed by atoms with Crippen molar-refractivity contribution in [1.29, 1.82) is 0 Å². The molecular formula is C30H27BrN2O6S. The second-order valence-corrected chi connectivity index (χ2v) is 11.0. The Morgan fingerprint density at radius 3 is 2.58 bits per heavy atom. The van der Waals surface area contributed by atoms with Crippen LogP contribution in [0.1, 0.15) is 36.8 Å². The van der Waals surface area contributed by atoms with E-state index < -0.39 is 12.0 Å². The monoisotopic (exact) mass is 622 g/mol. The van der Waals surface area contributed by atoms with Gasteiger partial charge in [-0.05, 0) is 68.3 Å². The Kier molecular flexibility index (Phi) is 7.82. The summed E-state index contributed by atoms with van der Waals surface area (Å²) in [7, 11) is 3.08. The highest BCUT2D eigenvalue weighted by atomic mass is 79.9. The molecule has 3 heterocycles. The summed E-state index contributed by atoms with van der Waals surface area (Å²) in [5, 5.41) is 0. The number of rotatable bonds is 7. The van der Waals surface area contributed by atoms with E-state index in [0.29, 0.717) is 43.6 Å². The van der Waals surface area contributed by atoms with Crippen LogP contribution in [-0.4, -0.2) is 31.4 Å². The molecule has 0 spiro atoms. The minimum Gasteiger partial charge on any atom is -0.493 e. The standard InChI is InChI=1S/C30H27BrN2O6S/c1-6-38-29(35)26-17(3)32-30-33(27(26)18-8-11-23(36-4)24(14-18)37-5)28(34)25(40-30)15-19-9-12-22(39-19)20-10-7-16(2)13-21(20)31/h7-15,27H,6H2,1-5H3/b25-15-. The Hall–Kier alpha value is -3.89. The molecule has 0 radical (unpaired) electrons. The van der Waals surface area contributed by atoms with Crippen LogP contribution in [0.5, 0.6) is 11.5 Å². The Bertz CT molecular complexity index is 1830. The summed E-state index contributed by atoms with van der Waals surface area (Å²) in [4.78, 5) is 32.1. The average molecular weight is 624 g/mol. The summed E-state index contributed by atoms with van der Waals surface area (Å²) in [5.74, 6) is 1.68. The molecule has 2 aromatic carbocycles. The van der Waals surface area contributed by atoms with E-state index in [1.807, 2.05) is 37.3 Å². The molecule has 0 N–H and O–H groups in total. The van der Waals surface area contributed by atoms with Crippen LogP contribution in [0.3, 0.4) is 0 Å². The number of ether oxygens (including phenoxy) is 3. The minimum atomic E-state index is -0.770. The van der Waals surface area contributed by atoms with Crippen molar-refractivity contribution in [3.63, 3.8) is 0 Å². The van der Waals surface area contributed by atoms with Crippen molar-refractivity contribution in [2.75, 3.05) is 20.8 Å². The third kappa shape index (κ3) is 5.04. The third-order valence-corrected chi connectivity index (χ3v) is 8.17. The molecular weight excluding hydrogens is 596 g/mol. The highest BCUT2D eigenvalue weighted by Crippen LogP contribution is 2.36. The summed E-state index contributed by atoms with van der Waals surface area (Å²) < 4.78 is 25.2. The fourth-order valence-corrected chi connectivity index (χ4v) is 6.37. The number of furan rings is 1. The highest BCUT2D eigenvalue weighted by molar-refractivity contribution is 9.10. The summed E-state index contributed by atoms with van der Waals surface area (Å²) >= 11 is 4.83. The molecule has 0 fully saturated rings. The number of benzene rings is 2. The topological polar surface area (TPSA) is 92.3 Å². The molecule has 40 heavy (non-hydrogen) atoms. The van der Waals surface area contributed by atoms with Crippen LogP contribution in [0.4, 0.5) is 0 Å². The first-order valence-corrected chi connectivity index (χ1v) is 14.1. The van der Waals surface area contributed by atoms with E-state index in [4.69, 9.17) is 18.6 Å². The van der Waals surface area contributed by atoms with Crippen molar-refractivity contribution in [3.05, 3.63) is 101 Å². The highest BCUT2D eigenvalue weighted by Gasteiger charge is 2.34. The van der Waals surface area contributed by atoms with E-state index in [0.717, 1.165) is 15.6 Å². The van der Waals surface area contributed by atoms with Gasteiger partial charge in [0, 0.05) is 16.1 Å². The maximum atomic E-state index is 13.9. The number of hydrogen-bond donors (Lipinski definition) is 0. The van der Waals surface area contributed by atoms with Crippen molar-refractivity contribution in [1.82, 2.24) is 4.57 Å². The number of hydrogen-bond acceptors (Lipinski definition) is 8. The fourth-order valence-electron chi connectivity index (χ4n) is 4.65. The summed E-state index contributed by atoms with van der Waals surface area (Å²) in [6, 6.07) is 14.2. The molecule has 5 rings (SSSR count). The van der Waals surface area contributed by atoms with Gasteiger partial charge in [0.15, 0.2) is 16.3 Å². The van der Waals surface area contributed by atoms with Gasteiger partial charge in [0.1, 0.15) is 11.5 Å². The minimum absolute atomic E-state index is 0.191. The fraction of sp³-hybridized carbons (Fsp3) is 0.233. The molecule has 1 aliphatic heterocycles. The van der Waals surface area contributed by atoms with Gasteiger partial charge >= 0.3 is 5.97 Å². The zero-order valence-corrected chi connectivity index (χ0v) is 25.0. The number of halogens is 1. The first-order valence-electron chi connectivity index (χ1n) is 12.5. The zero-order valence-electron chi connectivity index (χ0n) is 22.6. The van der Waals surface area contributed by atoms with Crippen LogP contribution in [0, 0.1) is 6.92 Å². The number of aryl methyl sites for hydroxylation is 1. The zero-order chi connectivity index (χ0) is 28.6. The van der Waals surface area contributed by atoms with Crippen molar-refractivity contribution < 1.29 is 23.4 Å². The Morgan fingerprint density at radius 2 is 1.88 bits per heavy atom. The first-order chi connectivity index (χ1) is 19.2. The van der Waals surface area contributed by atoms with E-state index in [1.165, 1.54) is 23.0 Å². The van der Waals surface area contributed by atoms with Crippen LogP contribution in [0.15, 0.2) is 78.5 Å². The number of esters is 1. The molecule has 206 valence electrons. The average Bonchev–Trinajstić information content (AvgIpc) is 3.51. The number of allylic oxidation sites excluding steroid dienone is 1. The molecule has 10 heteroatoms. The number of carbonyl (C=O) groups is 1. The molecule has 0 bridgehead atoms. The van der Waals surface area contributed by atoms with Gasteiger partial charge in [-0.2, -0.15) is 0 Å². The molecule has 1 aliphatic rings. The molecule has 2 aromatic heterocycles. The molecule has 0 amide bonds. The third-order valence-electron chi connectivity index (χ3n) is 6.53. The number of nitrogens with zero attached hydrogens (tertiary/aromatic N) is 2. The van der Waals surface area contributed by atoms with Gasteiger partial charge in [-0.25, -0.2) is 9.79 Å². The normalized spacial score (nSPS) is 15.1. The van der Waals surface area contributed by atoms with E-state index in [2.05, 4.69) is 20.9 Å². The van der Waals surface area contributed by atoms with Crippen molar-refractivity contribution in [3.8, 4) is 22.8 Å². The number of thiazole rings is 1. The van der Waals surface area contributed by atoms with E-state index in [-0.39, 0.29) is 17.7 Å². The van der Waals surface area contributed by atoms with Crippen molar-refractivity contribution >= 4 is 39.3 Å². The Morgan fingerprint density at radius 1 is 1.10 bits per heavy atom. The van der Waals surface area contributed by atoms with Gasteiger partial charge in [-0.1, -0.05) is 39.4 Å². The largest absolute Gasteiger partial charge is 0.493 e. The van der Waals surface area contributed by atoms with Crippen LogP contribution >= 0.6 is 27.3 Å². The smallest absolute Gasteiger partial charge is 0.338 e. The lowest BCUT2D eigenvalue weighted by Gasteiger charge is -2.25. The quantitative estimate of drug-likeness (QED) is 0.265. The predicted octanol–water partition coefficient (Wildman–Crippen LogP) is 5.15. The lowest BCUT2D eigenvalue weighted by Crippen LogP contribution is -2.39. The number of methoxy groups -OCH3 is 2. The molecule has 1 atom stereocenters. The molecule has 4 aromatic rings. The second-order valence-electron chi connectivity index (χ2n) is 9.10. The number of fused-ring (bicyclic) bond motifs is 1. The Labute approximate surface area is 243 Å². The van der Waals surface area contributed by atoms with Crippen LogP contribution in [-0.2, 0) is 9.53 Å². The van der Waals surface area contributed by atoms with Crippen LogP contribution in [0.2, 0.25) is 0 Å². The lowest BCUT2D eigenvalue weighted by atomic mass is 9.95. The SMILES string of the molecule is CCOC(=O)C1=C(C)N=c2s/c(=C\c3ccc(-c4ccc(C)cc4Br)o3)c(=O)n2C1c1ccc(OC)c(OC)c1. The molecule has 8 nitrogen and oxygen atoms in total. The molecule has 0 saturated carbocycles. The van der Waals surface area contributed by atoms with E-state index in [1.54, 1.807) is 45.2 Å².